The van der Waals surface area contributed by atoms with Gasteiger partial charge in [-0.15, -0.1) is 0 Å². The average Bonchev–Trinajstić information content (AvgIpc) is 2.73. The molecule has 7 heteroatoms. The van der Waals surface area contributed by atoms with E-state index in [1.54, 1.807) is 18.0 Å². The molecule has 0 bridgehead atoms. The van der Waals surface area contributed by atoms with E-state index in [4.69, 9.17) is 9.47 Å². The van der Waals surface area contributed by atoms with E-state index in [9.17, 15) is 4.79 Å². The largest absolute Gasteiger partial charge is 0.382 e. The highest BCUT2D eigenvalue weighted by atomic mass is 79.9. The molecule has 19 heavy (non-hydrogen) atoms. The summed E-state index contributed by atoms with van der Waals surface area (Å²) in [6.07, 6.45) is 1.64. The number of hydrogen-bond acceptors (Lipinski definition) is 5. The first kappa shape index (κ1) is 16.3. The fraction of sp³-hybridized carbons (Fsp3) is 0.667. The molecule has 0 aliphatic heterocycles. The van der Waals surface area contributed by atoms with Gasteiger partial charge in [0.1, 0.15) is 12.3 Å². The zero-order valence-corrected chi connectivity index (χ0v) is 13.1. The van der Waals surface area contributed by atoms with Crippen molar-refractivity contribution in [2.24, 2.45) is 0 Å². The molecule has 1 rings (SSSR count). The van der Waals surface area contributed by atoms with E-state index in [-0.39, 0.29) is 12.4 Å². The summed E-state index contributed by atoms with van der Waals surface area (Å²) < 4.78 is 12.5. The number of hydrogen-bond donors (Lipinski definition) is 0. The van der Waals surface area contributed by atoms with Crippen LogP contribution < -0.4 is 0 Å². The smallest absolute Gasteiger partial charge is 0.207 e. The summed E-state index contributed by atoms with van der Waals surface area (Å²) in [5, 5.41) is 4.20. The van der Waals surface area contributed by atoms with Crippen molar-refractivity contribution in [3.8, 4) is 0 Å². The van der Waals surface area contributed by atoms with Crippen LogP contribution in [0.3, 0.4) is 0 Å². The molecule has 0 aliphatic rings. The molecule has 0 atom stereocenters. The van der Waals surface area contributed by atoms with Gasteiger partial charge in [-0.25, -0.2) is 0 Å². The standard InChI is InChI=1S/C12H20BrN3O3/c1-15(2)4-5-16-12(10(13)8-14-16)11(17)9-19-7-6-18-3/h8H,4-7,9H2,1-3H3. The monoisotopic (exact) mass is 333 g/mol. The third kappa shape index (κ3) is 5.40. The Bertz CT molecular complexity index is 407. The second-order valence-corrected chi connectivity index (χ2v) is 5.19. The Hall–Kier alpha value is -0.760. The van der Waals surface area contributed by atoms with E-state index in [1.165, 1.54) is 0 Å². The van der Waals surface area contributed by atoms with Crippen LogP contribution in [-0.2, 0) is 16.0 Å². The Labute approximate surface area is 121 Å². The molecule has 0 unspecified atom stereocenters. The molecule has 0 spiro atoms. The number of carbonyl (C=O) groups excluding carboxylic acids is 1. The molecule has 0 radical (unpaired) electrons. The van der Waals surface area contributed by atoms with E-state index in [0.29, 0.717) is 29.9 Å². The Morgan fingerprint density at radius 3 is 2.84 bits per heavy atom. The second-order valence-electron chi connectivity index (χ2n) is 4.34. The molecule has 0 saturated heterocycles. The SMILES string of the molecule is COCCOCC(=O)c1c(Br)cnn1CCN(C)C. The van der Waals surface area contributed by atoms with Crippen molar-refractivity contribution < 1.29 is 14.3 Å². The van der Waals surface area contributed by atoms with Crippen molar-refractivity contribution in [2.45, 2.75) is 6.54 Å². The van der Waals surface area contributed by atoms with Crippen LogP contribution in [0.15, 0.2) is 10.7 Å². The summed E-state index contributed by atoms with van der Waals surface area (Å²) in [5.41, 5.74) is 0.555. The van der Waals surface area contributed by atoms with E-state index < -0.39 is 0 Å². The summed E-state index contributed by atoms with van der Waals surface area (Å²) in [4.78, 5) is 14.1. The number of aromatic nitrogens is 2. The number of halogens is 1. The Morgan fingerprint density at radius 2 is 2.21 bits per heavy atom. The highest BCUT2D eigenvalue weighted by molar-refractivity contribution is 9.10. The van der Waals surface area contributed by atoms with E-state index in [0.717, 1.165) is 6.54 Å². The first-order chi connectivity index (χ1) is 9.06. The topological polar surface area (TPSA) is 56.6 Å². The lowest BCUT2D eigenvalue weighted by molar-refractivity contribution is 0.0568. The molecule has 0 aliphatic carbocycles. The zero-order chi connectivity index (χ0) is 14.3. The minimum absolute atomic E-state index is 0.0373. The molecular formula is C12H20BrN3O3. The van der Waals surface area contributed by atoms with E-state index >= 15 is 0 Å². The van der Waals surface area contributed by atoms with Gasteiger partial charge in [-0.2, -0.15) is 5.10 Å². The van der Waals surface area contributed by atoms with Gasteiger partial charge >= 0.3 is 0 Å². The summed E-state index contributed by atoms with van der Waals surface area (Å²) in [7, 11) is 5.56. The number of rotatable bonds is 9. The minimum atomic E-state index is -0.0840. The van der Waals surface area contributed by atoms with Crippen LogP contribution >= 0.6 is 15.9 Å². The molecule has 1 heterocycles. The molecular weight excluding hydrogens is 314 g/mol. The first-order valence-corrected chi connectivity index (χ1v) is 6.81. The van der Waals surface area contributed by atoms with Crippen LogP contribution in [0.5, 0.6) is 0 Å². The van der Waals surface area contributed by atoms with Crippen LogP contribution in [0, 0.1) is 0 Å². The third-order valence-corrected chi connectivity index (χ3v) is 3.06. The summed E-state index contributed by atoms with van der Waals surface area (Å²) >= 11 is 3.35. The van der Waals surface area contributed by atoms with Crippen molar-refractivity contribution in [2.75, 3.05) is 47.6 Å². The van der Waals surface area contributed by atoms with Gasteiger partial charge in [0.05, 0.1) is 30.4 Å². The molecule has 0 amide bonds. The summed E-state index contributed by atoms with van der Waals surface area (Å²) in [5.74, 6) is -0.0840. The van der Waals surface area contributed by atoms with Gasteiger partial charge < -0.3 is 14.4 Å². The van der Waals surface area contributed by atoms with Crippen molar-refractivity contribution in [1.29, 1.82) is 0 Å². The average molecular weight is 334 g/mol. The van der Waals surface area contributed by atoms with Crippen molar-refractivity contribution in [3.05, 3.63) is 16.4 Å². The molecule has 1 aromatic rings. The van der Waals surface area contributed by atoms with Crippen LogP contribution in [0.1, 0.15) is 10.5 Å². The molecule has 6 nitrogen and oxygen atoms in total. The van der Waals surface area contributed by atoms with Gasteiger partial charge in [-0.1, -0.05) is 0 Å². The number of likely N-dealkylation sites (N-methyl/N-ethyl adjacent to an activating group) is 1. The summed E-state index contributed by atoms with van der Waals surface area (Å²) in [6.45, 7) is 2.41. The van der Waals surface area contributed by atoms with E-state index in [1.807, 2.05) is 19.0 Å². The van der Waals surface area contributed by atoms with Crippen molar-refractivity contribution in [1.82, 2.24) is 14.7 Å². The van der Waals surface area contributed by atoms with Crippen molar-refractivity contribution in [3.63, 3.8) is 0 Å². The number of nitrogens with zero attached hydrogens (tertiary/aromatic N) is 3. The predicted molar refractivity (Wildman–Crippen MR) is 75.5 cm³/mol. The highest BCUT2D eigenvalue weighted by Gasteiger charge is 2.17. The first-order valence-electron chi connectivity index (χ1n) is 6.02. The Balaban J connectivity index is 2.59. The maximum Gasteiger partial charge on any atom is 0.207 e. The fourth-order valence-electron chi connectivity index (χ4n) is 1.48. The molecule has 108 valence electrons. The minimum Gasteiger partial charge on any atom is -0.382 e. The lowest BCUT2D eigenvalue weighted by Gasteiger charge is -2.11. The van der Waals surface area contributed by atoms with Gasteiger partial charge in [0.2, 0.25) is 5.78 Å². The zero-order valence-electron chi connectivity index (χ0n) is 11.6. The molecule has 0 fully saturated rings. The number of ketones is 1. The third-order valence-electron chi connectivity index (χ3n) is 2.48. The normalized spacial score (nSPS) is 11.2. The number of Topliss-reactive ketones (excluding diaryl/α,β-unsaturated/α-hetero) is 1. The quantitative estimate of drug-likeness (QED) is 0.499. The molecule has 0 saturated carbocycles. The van der Waals surface area contributed by atoms with Gasteiger partial charge in [0.15, 0.2) is 0 Å². The molecule has 0 N–H and O–H groups in total. The van der Waals surface area contributed by atoms with Gasteiger partial charge in [-0.3, -0.25) is 9.48 Å². The Kier molecular flexibility index (Phi) is 7.22. The van der Waals surface area contributed by atoms with Crippen LogP contribution in [-0.4, -0.2) is 68.0 Å². The second kappa shape index (κ2) is 8.42. The highest BCUT2D eigenvalue weighted by Crippen LogP contribution is 2.16. The van der Waals surface area contributed by atoms with Crippen LogP contribution in [0.4, 0.5) is 0 Å². The van der Waals surface area contributed by atoms with Gasteiger partial charge in [-0.05, 0) is 30.0 Å². The van der Waals surface area contributed by atoms with Crippen LogP contribution in [0.2, 0.25) is 0 Å². The lowest BCUT2D eigenvalue weighted by Crippen LogP contribution is -2.23. The van der Waals surface area contributed by atoms with Crippen LogP contribution in [0.25, 0.3) is 0 Å². The van der Waals surface area contributed by atoms with Crippen molar-refractivity contribution >= 4 is 21.7 Å². The summed E-state index contributed by atoms with van der Waals surface area (Å²) in [6, 6.07) is 0. The fourth-order valence-corrected chi connectivity index (χ4v) is 2.00. The maximum atomic E-state index is 12.1. The molecule has 0 aromatic carbocycles. The predicted octanol–water partition coefficient (Wildman–Crippen LogP) is 1.05. The number of methoxy groups -OCH3 is 1. The number of carbonyl (C=O) groups is 1. The number of ether oxygens (including phenoxy) is 2. The van der Waals surface area contributed by atoms with Gasteiger partial charge in [0.25, 0.3) is 0 Å². The van der Waals surface area contributed by atoms with Gasteiger partial charge in [0, 0.05) is 13.7 Å². The maximum absolute atomic E-state index is 12.1. The van der Waals surface area contributed by atoms with E-state index in [2.05, 4.69) is 21.0 Å². The lowest BCUT2D eigenvalue weighted by atomic mass is 10.3. The molecule has 1 aromatic heterocycles. The Morgan fingerprint density at radius 1 is 1.47 bits per heavy atom.